The van der Waals surface area contributed by atoms with Gasteiger partial charge in [-0.15, -0.1) is 21.6 Å². The van der Waals surface area contributed by atoms with Gasteiger partial charge < -0.3 is 9.67 Å². The highest BCUT2D eigenvalue weighted by Gasteiger charge is 2.23. The lowest BCUT2D eigenvalue weighted by molar-refractivity contribution is -0.118. The summed E-state index contributed by atoms with van der Waals surface area (Å²) in [6.45, 7) is 1.97. The number of fused-ring (bicyclic) bond motifs is 4. The summed E-state index contributed by atoms with van der Waals surface area (Å²) < 4.78 is 2.87. The van der Waals surface area contributed by atoms with Gasteiger partial charge in [0.15, 0.2) is 5.69 Å². The Kier molecular flexibility index (Phi) is 4.70. The van der Waals surface area contributed by atoms with Crippen molar-refractivity contribution in [2.45, 2.75) is 32.7 Å². The topological polar surface area (TPSA) is 102 Å². The number of carbonyl (C=O) groups excluding carboxylic acids is 1. The van der Waals surface area contributed by atoms with Crippen LogP contribution in [0, 0.1) is 5.92 Å². The van der Waals surface area contributed by atoms with Crippen LogP contribution in [0.5, 0.6) is 5.88 Å². The van der Waals surface area contributed by atoms with Gasteiger partial charge in [-0.05, 0) is 36.8 Å². The molecule has 1 unspecified atom stereocenters. The molecule has 8 nitrogen and oxygen atoms in total. The number of aromatic hydroxyl groups is 1. The molecule has 3 aromatic heterocycles. The summed E-state index contributed by atoms with van der Waals surface area (Å²) in [4.78, 5) is 31.9. The number of thiophene rings is 1. The standard InChI is InChI=1S/C22H21N5O3S/c1-12-7-8-14-16(9-12)31-20-18(14)21(29)27(11-23-20)10-17(28)24-25-19-13-5-3-4-6-15(13)26(2)22(19)30/h3-6,11-12,30H,7-10H2,1-2H3. The van der Waals surface area contributed by atoms with Crippen molar-refractivity contribution in [3.05, 3.63) is 51.4 Å². The van der Waals surface area contributed by atoms with Gasteiger partial charge in [-0.25, -0.2) is 4.98 Å². The van der Waals surface area contributed by atoms with Crippen LogP contribution in [0.4, 0.5) is 5.69 Å². The van der Waals surface area contributed by atoms with Crippen LogP contribution < -0.4 is 5.56 Å². The van der Waals surface area contributed by atoms with Crippen LogP contribution in [-0.2, 0) is 31.2 Å². The molecular formula is C22H21N5O3S. The van der Waals surface area contributed by atoms with E-state index in [1.165, 1.54) is 15.8 Å². The molecule has 158 valence electrons. The van der Waals surface area contributed by atoms with Crippen molar-refractivity contribution >= 4 is 44.1 Å². The van der Waals surface area contributed by atoms with Crippen LogP contribution in [-0.4, -0.2) is 25.1 Å². The van der Waals surface area contributed by atoms with Gasteiger partial charge in [-0.1, -0.05) is 25.1 Å². The third-order valence-corrected chi connectivity index (χ3v) is 7.06. The molecule has 0 saturated carbocycles. The van der Waals surface area contributed by atoms with Crippen LogP contribution in [0.25, 0.3) is 21.1 Å². The number of amides is 1. The fraction of sp³-hybridized carbons (Fsp3) is 0.318. The lowest BCUT2D eigenvalue weighted by Gasteiger charge is -2.17. The zero-order valence-corrected chi connectivity index (χ0v) is 18.0. The predicted molar refractivity (Wildman–Crippen MR) is 119 cm³/mol. The molecule has 0 spiro atoms. The van der Waals surface area contributed by atoms with Gasteiger partial charge in [0.25, 0.3) is 11.5 Å². The number of para-hydroxylation sites is 1. The number of rotatable bonds is 3. The van der Waals surface area contributed by atoms with Crippen molar-refractivity contribution in [3.63, 3.8) is 0 Å². The van der Waals surface area contributed by atoms with Crippen molar-refractivity contribution < 1.29 is 9.90 Å². The number of aryl methyl sites for hydroxylation is 2. The number of nitrogens with zero attached hydrogens (tertiary/aromatic N) is 5. The van der Waals surface area contributed by atoms with Crippen LogP contribution in [0.3, 0.4) is 0 Å². The number of hydrogen-bond donors (Lipinski definition) is 1. The van der Waals surface area contributed by atoms with Crippen LogP contribution >= 0.6 is 11.3 Å². The van der Waals surface area contributed by atoms with Crippen LogP contribution in [0.2, 0.25) is 0 Å². The first-order valence-corrected chi connectivity index (χ1v) is 11.0. The van der Waals surface area contributed by atoms with Gasteiger partial charge in [0.1, 0.15) is 11.4 Å². The summed E-state index contributed by atoms with van der Waals surface area (Å²) in [6, 6.07) is 7.33. The van der Waals surface area contributed by atoms with Crippen molar-refractivity contribution in [2.24, 2.45) is 23.2 Å². The SMILES string of the molecule is CC1CCc2c(sc3ncn(CC(=O)N=Nc4c(O)n(C)c5ccccc45)c(=O)c23)C1. The average molecular weight is 436 g/mol. The molecule has 0 fully saturated rings. The second-order valence-corrected chi connectivity index (χ2v) is 9.14. The normalized spacial score (nSPS) is 16.4. The smallest absolute Gasteiger partial charge is 0.284 e. The molecular weight excluding hydrogens is 414 g/mol. The minimum Gasteiger partial charge on any atom is -0.493 e. The number of hydrogen-bond acceptors (Lipinski definition) is 6. The molecule has 0 saturated heterocycles. The minimum atomic E-state index is -0.590. The van der Waals surface area contributed by atoms with Gasteiger partial charge in [0.05, 0.1) is 17.2 Å². The second kappa shape index (κ2) is 7.42. The lowest BCUT2D eigenvalue weighted by atomic mass is 9.89. The monoisotopic (exact) mass is 435 g/mol. The maximum atomic E-state index is 13.0. The van der Waals surface area contributed by atoms with E-state index in [4.69, 9.17) is 0 Å². The quantitative estimate of drug-likeness (QED) is 0.490. The Labute approximate surface area is 181 Å². The van der Waals surface area contributed by atoms with E-state index >= 15 is 0 Å². The van der Waals surface area contributed by atoms with Gasteiger partial charge in [-0.2, -0.15) is 0 Å². The molecule has 9 heteroatoms. The maximum Gasteiger partial charge on any atom is 0.284 e. The molecule has 5 rings (SSSR count). The van der Waals surface area contributed by atoms with Gasteiger partial charge in [-0.3, -0.25) is 14.2 Å². The Balaban J connectivity index is 1.44. The summed E-state index contributed by atoms with van der Waals surface area (Å²) in [5.41, 5.74) is 1.88. The molecule has 1 aliphatic carbocycles. The molecule has 1 aliphatic rings. The lowest BCUT2D eigenvalue weighted by Crippen LogP contribution is -2.24. The highest BCUT2D eigenvalue weighted by Crippen LogP contribution is 2.38. The van der Waals surface area contributed by atoms with E-state index in [9.17, 15) is 14.7 Å². The molecule has 1 aromatic carbocycles. The first kappa shape index (κ1) is 19.6. The van der Waals surface area contributed by atoms with Gasteiger partial charge in [0.2, 0.25) is 5.88 Å². The van der Waals surface area contributed by atoms with Crippen molar-refractivity contribution in [3.8, 4) is 5.88 Å². The summed E-state index contributed by atoms with van der Waals surface area (Å²) in [7, 11) is 1.71. The summed E-state index contributed by atoms with van der Waals surface area (Å²) in [5, 5.41) is 19.4. The van der Waals surface area contributed by atoms with Crippen LogP contribution in [0.1, 0.15) is 23.8 Å². The molecule has 4 aromatic rings. The van der Waals surface area contributed by atoms with E-state index in [1.807, 2.05) is 18.2 Å². The fourth-order valence-electron chi connectivity index (χ4n) is 4.22. The Morgan fingerprint density at radius 1 is 1.35 bits per heavy atom. The molecule has 1 N–H and O–H groups in total. The second-order valence-electron chi connectivity index (χ2n) is 8.05. The van der Waals surface area contributed by atoms with Crippen LogP contribution in [0.15, 0.2) is 45.6 Å². The fourth-order valence-corrected chi connectivity index (χ4v) is 5.56. The maximum absolute atomic E-state index is 13.0. The Morgan fingerprint density at radius 3 is 3.00 bits per heavy atom. The summed E-state index contributed by atoms with van der Waals surface area (Å²) in [5.74, 6) is -0.0549. The zero-order chi connectivity index (χ0) is 21.7. The van der Waals surface area contributed by atoms with Crippen molar-refractivity contribution in [2.75, 3.05) is 0 Å². The van der Waals surface area contributed by atoms with Gasteiger partial charge in [0, 0.05) is 17.3 Å². The summed E-state index contributed by atoms with van der Waals surface area (Å²) in [6.07, 6.45) is 4.29. The minimum absolute atomic E-state index is 0.0721. The van der Waals surface area contributed by atoms with Gasteiger partial charge >= 0.3 is 0 Å². The Morgan fingerprint density at radius 2 is 2.16 bits per heavy atom. The summed E-state index contributed by atoms with van der Waals surface area (Å²) >= 11 is 1.58. The van der Waals surface area contributed by atoms with Crippen molar-refractivity contribution in [1.29, 1.82) is 0 Å². The third kappa shape index (κ3) is 3.25. The molecule has 31 heavy (non-hydrogen) atoms. The number of azo groups is 1. The van der Waals surface area contributed by atoms with E-state index in [-0.39, 0.29) is 23.7 Å². The highest BCUT2D eigenvalue weighted by atomic mass is 32.1. The van der Waals surface area contributed by atoms with E-state index in [2.05, 4.69) is 22.1 Å². The third-order valence-electron chi connectivity index (χ3n) is 5.90. The molecule has 3 heterocycles. The number of carbonyl (C=O) groups is 1. The first-order chi connectivity index (χ1) is 14.9. The highest BCUT2D eigenvalue weighted by molar-refractivity contribution is 7.18. The average Bonchev–Trinajstić information content (AvgIpc) is 3.24. The number of benzene rings is 1. The predicted octanol–water partition coefficient (Wildman–Crippen LogP) is 4.09. The van der Waals surface area contributed by atoms with E-state index in [1.54, 1.807) is 29.0 Å². The number of aromatic nitrogens is 3. The van der Waals surface area contributed by atoms with E-state index < -0.39 is 5.91 Å². The largest absolute Gasteiger partial charge is 0.493 e. The Bertz CT molecular complexity index is 1430. The molecule has 0 radical (unpaired) electrons. The molecule has 0 aliphatic heterocycles. The van der Waals surface area contributed by atoms with E-state index in [0.29, 0.717) is 16.7 Å². The van der Waals surface area contributed by atoms with Crippen molar-refractivity contribution in [1.82, 2.24) is 14.1 Å². The molecule has 1 atom stereocenters. The van der Waals surface area contributed by atoms with E-state index in [0.717, 1.165) is 35.2 Å². The Hall–Kier alpha value is -3.33. The molecule has 0 bridgehead atoms. The zero-order valence-electron chi connectivity index (χ0n) is 17.2. The first-order valence-electron chi connectivity index (χ1n) is 10.1. The molecule has 1 amide bonds.